The van der Waals surface area contributed by atoms with Gasteiger partial charge >= 0.3 is 0 Å². The van der Waals surface area contributed by atoms with Crippen LogP contribution in [0.5, 0.6) is 5.75 Å². The number of benzene rings is 1. The second-order valence-electron chi connectivity index (χ2n) is 8.14. The van der Waals surface area contributed by atoms with Crippen LogP contribution in [0.15, 0.2) is 29.2 Å². The van der Waals surface area contributed by atoms with Gasteiger partial charge in [-0.2, -0.15) is 0 Å². The predicted molar refractivity (Wildman–Crippen MR) is 127 cm³/mol. The van der Waals surface area contributed by atoms with Gasteiger partial charge in [-0.25, -0.2) is 0 Å². The first-order valence-electron chi connectivity index (χ1n) is 11.0. The van der Waals surface area contributed by atoms with Gasteiger partial charge in [0.1, 0.15) is 5.75 Å². The standard InChI is InChI=1S/C21H35NO3S2.C2H6/c1-17(2)10-11-22-14-18(3)19(15-22)16-25-20-6-8-21(9-7-20)27(24)13-5-12-26(4)23;1-2/h6-9,17-19H,5,10-16H2,1-4H3;1-2H3. The van der Waals surface area contributed by atoms with E-state index in [1.165, 1.54) is 19.5 Å². The lowest BCUT2D eigenvalue weighted by molar-refractivity contribution is 0.223. The highest BCUT2D eigenvalue weighted by molar-refractivity contribution is 7.85. The quantitative estimate of drug-likeness (QED) is 0.502. The van der Waals surface area contributed by atoms with Crippen molar-refractivity contribution in [3.05, 3.63) is 24.3 Å². The van der Waals surface area contributed by atoms with Gasteiger partial charge in [-0.1, -0.05) is 34.6 Å². The van der Waals surface area contributed by atoms with Crippen molar-refractivity contribution in [1.82, 2.24) is 4.90 Å². The third-order valence-electron chi connectivity index (χ3n) is 5.18. The molecule has 6 heteroatoms. The molecule has 0 saturated carbocycles. The SMILES string of the molecule is CC.CC(C)CCN1CC(C)C(COc2ccc(S(=O)CCCS(C)=O)cc2)C1. The molecular weight excluding hydrogens is 402 g/mol. The summed E-state index contributed by atoms with van der Waals surface area (Å²) in [5.74, 6) is 4.00. The van der Waals surface area contributed by atoms with E-state index in [4.69, 9.17) is 4.74 Å². The minimum absolute atomic E-state index is 0.561. The van der Waals surface area contributed by atoms with Crippen molar-refractivity contribution in [3.63, 3.8) is 0 Å². The zero-order chi connectivity index (χ0) is 21.8. The topological polar surface area (TPSA) is 46.6 Å². The van der Waals surface area contributed by atoms with Crippen LogP contribution >= 0.6 is 0 Å². The Morgan fingerprint density at radius 3 is 2.34 bits per heavy atom. The molecule has 0 amide bonds. The first-order chi connectivity index (χ1) is 13.8. The van der Waals surface area contributed by atoms with Crippen molar-refractivity contribution < 1.29 is 13.2 Å². The number of hydrogen-bond donors (Lipinski definition) is 0. The lowest BCUT2D eigenvalue weighted by atomic mass is 9.99. The Morgan fingerprint density at radius 2 is 1.76 bits per heavy atom. The lowest BCUT2D eigenvalue weighted by Gasteiger charge is -2.17. The summed E-state index contributed by atoms with van der Waals surface area (Å²) in [5.41, 5.74) is 0. The van der Waals surface area contributed by atoms with E-state index in [1.54, 1.807) is 6.26 Å². The van der Waals surface area contributed by atoms with Gasteiger partial charge in [-0.05, 0) is 55.5 Å². The molecule has 4 unspecified atom stereocenters. The van der Waals surface area contributed by atoms with Crippen molar-refractivity contribution in [1.29, 1.82) is 0 Å². The molecule has 1 fully saturated rings. The molecule has 4 atom stereocenters. The van der Waals surface area contributed by atoms with Gasteiger partial charge in [0.15, 0.2) is 0 Å². The van der Waals surface area contributed by atoms with Crippen LogP contribution in [0.25, 0.3) is 0 Å². The molecule has 1 saturated heterocycles. The van der Waals surface area contributed by atoms with Gasteiger partial charge < -0.3 is 9.64 Å². The summed E-state index contributed by atoms with van der Waals surface area (Å²) >= 11 is 0. The first kappa shape index (κ1) is 26.3. The molecule has 1 aliphatic rings. The molecule has 1 aromatic rings. The largest absolute Gasteiger partial charge is 0.493 e. The third-order valence-corrected chi connectivity index (χ3v) is 7.50. The summed E-state index contributed by atoms with van der Waals surface area (Å²) in [4.78, 5) is 3.38. The first-order valence-corrected chi connectivity index (χ1v) is 14.0. The molecule has 0 radical (unpaired) electrons. The summed E-state index contributed by atoms with van der Waals surface area (Å²) < 4.78 is 29.4. The zero-order valence-electron chi connectivity index (χ0n) is 19.2. The Labute approximate surface area is 183 Å². The summed E-state index contributed by atoms with van der Waals surface area (Å²) in [6.07, 6.45) is 3.66. The van der Waals surface area contributed by atoms with Crippen LogP contribution in [0, 0.1) is 17.8 Å². The molecule has 1 heterocycles. The second kappa shape index (κ2) is 14.3. The van der Waals surface area contributed by atoms with Gasteiger partial charge in [0.05, 0.1) is 17.4 Å². The van der Waals surface area contributed by atoms with Crippen molar-refractivity contribution in [2.45, 2.75) is 52.4 Å². The smallest absolute Gasteiger partial charge is 0.119 e. The van der Waals surface area contributed by atoms with Crippen LogP contribution < -0.4 is 4.74 Å². The van der Waals surface area contributed by atoms with E-state index in [9.17, 15) is 8.42 Å². The lowest BCUT2D eigenvalue weighted by Crippen LogP contribution is -2.24. The molecule has 29 heavy (non-hydrogen) atoms. The van der Waals surface area contributed by atoms with Crippen LogP contribution in [0.2, 0.25) is 0 Å². The summed E-state index contributed by atoms with van der Waals surface area (Å²) in [5, 5.41) is 0. The molecule has 1 aromatic carbocycles. The molecular formula is C23H41NO3S2. The molecule has 0 aliphatic carbocycles. The number of rotatable bonds is 11. The van der Waals surface area contributed by atoms with Gasteiger partial charge in [-0.3, -0.25) is 8.42 Å². The zero-order valence-corrected chi connectivity index (χ0v) is 20.8. The van der Waals surface area contributed by atoms with E-state index >= 15 is 0 Å². The van der Waals surface area contributed by atoms with Gasteiger partial charge in [0, 0.05) is 52.5 Å². The van der Waals surface area contributed by atoms with Crippen LogP contribution in [0.4, 0.5) is 0 Å². The number of ether oxygens (including phenoxy) is 1. The highest BCUT2D eigenvalue weighted by Gasteiger charge is 2.29. The van der Waals surface area contributed by atoms with E-state index in [1.807, 2.05) is 38.1 Å². The molecule has 0 aromatic heterocycles. The average Bonchev–Trinajstić information content (AvgIpc) is 3.06. The van der Waals surface area contributed by atoms with Gasteiger partial charge in [0.25, 0.3) is 0 Å². The van der Waals surface area contributed by atoms with Gasteiger partial charge in [-0.15, -0.1) is 0 Å². The summed E-state index contributed by atoms with van der Waals surface area (Å²) in [7, 11) is -1.84. The second-order valence-corrected chi connectivity index (χ2v) is 11.3. The Kier molecular flexibility index (Phi) is 13.0. The van der Waals surface area contributed by atoms with E-state index in [0.717, 1.165) is 36.1 Å². The molecule has 0 spiro atoms. The number of hydrogen-bond acceptors (Lipinski definition) is 4. The molecule has 0 N–H and O–H groups in total. The number of nitrogens with zero attached hydrogens (tertiary/aromatic N) is 1. The third kappa shape index (κ3) is 10.2. The van der Waals surface area contributed by atoms with Crippen LogP contribution in [-0.2, 0) is 21.6 Å². The van der Waals surface area contributed by atoms with Crippen LogP contribution in [0.1, 0.15) is 47.5 Å². The van der Waals surface area contributed by atoms with Crippen molar-refractivity contribution in [2.24, 2.45) is 17.8 Å². The monoisotopic (exact) mass is 443 g/mol. The van der Waals surface area contributed by atoms with E-state index in [-0.39, 0.29) is 0 Å². The predicted octanol–water partition coefficient (Wildman–Crippen LogP) is 4.58. The van der Waals surface area contributed by atoms with E-state index < -0.39 is 21.6 Å². The highest BCUT2D eigenvalue weighted by Crippen LogP contribution is 2.25. The molecule has 1 aliphatic heterocycles. The maximum Gasteiger partial charge on any atom is 0.119 e. The average molecular weight is 444 g/mol. The minimum Gasteiger partial charge on any atom is -0.493 e. The minimum atomic E-state index is -1.03. The summed E-state index contributed by atoms with van der Waals surface area (Å²) in [6, 6.07) is 7.62. The molecule has 168 valence electrons. The Balaban J connectivity index is 0.00000204. The summed E-state index contributed by atoms with van der Waals surface area (Å²) in [6.45, 7) is 15.1. The highest BCUT2D eigenvalue weighted by atomic mass is 32.2. The normalized spacial score (nSPS) is 21.5. The Morgan fingerprint density at radius 1 is 1.10 bits per heavy atom. The van der Waals surface area contributed by atoms with Crippen molar-refractivity contribution in [2.75, 3.05) is 44.0 Å². The molecule has 2 rings (SSSR count). The van der Waals surface area contributed by atoms with Crippen LogP contribution in [0.3, 0.4) is 0 Å². The molecule has 0 bridgehead atoms. The maximum atomic E-state index is 12.3. The van der Waals surface area contributed by atoms with Crippen molar-refractivity contribution >= 4 is 21.6 Å². The van der Waals surface area contributed by atoms with Crippen LogP contribution in [-0.4, -0.2) is 57.3 Å². The fourth-order valence-corrected chi connectivity index (χ4v) is 5.20. The number of likely N-dealkylation sites (tertiary alicyclic amines) is 1. The fraction of sp³-hybridized carbons (Fsp3) is 0.739. The van der Waals surface area contributed by atoms with E-state index in [0.29, 0.717) is 23.3 Å². The van der Waals surface area contributed by atoms with Gasteiger partial charge in [0.2, 0.25) is 0 Å². The Hall–Kier alpha value is -0.720. The maximum absolute atomic E-state index is 12.3. The van der Waals surface area contributed by atoms with E-state index in [2.05, 4.69) is 25.7 Å². The molecule has 4 nitrogen and oxygen atoms in total. The fourth-order valence-electron chi connectivity index (χ4n) is 3.38. The Bertz CT molecular complexity index is 619. The van der Waals surface area contributed by atoms with Crippen molar-refractivity contribution in [3.8, 4) is 5.75 Å².